The number of fused-ring (bicyclic) bond motifs is 3. The molecule has 11 rings (SSSR count). The van der Waals surface area contributed by atoms with Crippen molar-refractivity contribution in [1.29, 1.82) is 0 Å². The molecule has 0 aliphatic heterocycles. The van der Waals surface area contributed by atoms with E-state index in [1.54, 1.807) is 0 Å². The predicted molar refractivity (Wildman–Crippen MR) is 264 cm³/mol. The van der Waals surface area contributed by atoms with Gasteiger partial charge in [0.1, 0.15) is 0 Å². The highest BCUT2D eigenvalue weighted by Gasteiger charge is 2.21. The van der Waals surface area contributed by atoms with Gasteiger partial charge in [0, 0.05) is 61.6 Å². The molecule has 11 aromatic rings. The van der Waals surface area contributed by atoms with Gasteiger partial charge in [-0.15, -0.1) is 0 Å². The molecule has 0 unspecified atom stereocenters. The quantitative estimate of drug-likeness (QED) is 0.138. The van der Waals surface area contributed by atoms with Crippen molar-refractivity contribution in [2.75, 3.05) is 9.80 Å². The van der Waals surface area contributed by atoms with Gasteiger partial charge in [0.15, 0.2) is 0 Å². The first-order valence-electron chi connectivity index (χ1n) is 21.4. The Bertz CT molecular complexity index is 3090. The highest BCUT2D eigenvalue weighted by molar-refractivity contribution is 6.12. The van der Waals surface area contributed by atoms with Gasteiger partial charge in [-0.25, -0.2) is 4.98 Å². The average Bonchev–Trinajstić information content (AvgIpc) is 3.69. The van der Waals surface area contributed by atoms with Gasteiger partial charge >= 0.3 is 0 Å². The highest BCUT2D eigenvalue weighted by atomic mass is 15.1. The fourth-order valence-corrected chi connectivity index (χ4v) is 8.84. The Morgan fingerprint density at radius 2 is 0.667 bits per heavy atom. The zero-order valence-corrected chi connectivity index (χ0v) is 34.5. The van der Waals surface area contributed by atoms with E-state index in [9.17, 15) is 0 Å². The molecule has 0 bridgehead atoms. The molecular formula is C59H42N4. The first kappa shape index (κ1) is 37.5. The fourth-order valence-electron chi connectivity index (χ4n) is 8.84. The molecule has 2 heterocycles. The van der Waals surface area contributed by atoms with Gasteiger partial charge in [-0.1, -0.05) is 152 Å². The van der Waals surface area contributed by atoms with Crippen LogP contribution >= 0.6 is 0 Å². The third-order valence-corrected chi connectivity index (χ3v) is 11.8. The molecule has 0 radical (unpaired) electrons. The monoisotopic (exact) mass is 806 g/mol. The Morgan fingerprint density at radius 3 is 1.13 bits per heavy atom. The van der Waals surface area contributed by atoms with Crippen LogP contribution in [-0.4, -0.2) is 9.55 Å². The summed E-state index contributed by atoms with van der Waals surface area (Å²) in [6.45, 7) is 0. The lowest BCUT2D eigenvalue weighted by atomic mass is 10.0. The second kappa shape index (κ2) is 16.5. The van der Waals surface area contributed by atoms with Gasteiger partial charge in [-0.05, 0) is 109 Å². The second-order valence-electron chi connectivity index (χ2n) is 15.6. The van der Waals surface area contributed by atoms with E-state index in [1.807, 2.05) is 6.07 Å². The minimum Gasteiger partial charge on any atom is -0.310 e. The van der Waals surface area contributed by atoms with Crippen LogP contribution < -0.4 is 9.80 Å². The van der Waals surface area contributed by atoms with Crippen molar-refractivity contribution in [1.82, 2.24) is 9.55 Å². The van der Waals surface area contributed by atoms with Crippen LogP contribution in [0.1, 0.15) is 0 Å². The van der Waals surface area contributed by atoms with Gasteiger partial charge in [0.05, 0.1) is 28.1 Å². The largest absolute Gasteiger partial charge is 0.310 e. The van der Waals surface area contributed by atoms with Crippen LogP contribution in [0.5, 0.6) is 0 Å². The van der Waals surface area contributed by atoms with Crippen molar-refractivity contribution in [3.63, 3.8) is 0 Å². The molecule has 298 valence electrons. The third-order valence-electron chi connectivity index (χ3n) is 11.8. The fraction of sp³-hybridized carbons (Fsp3) is 0. The van der Waals surface area contributed by atoms with Crippen LogP contribution in [0.25, 0.3) is 61.1 Å². The second-order valence-corrected chi connectivity index (χ2v) is 15.6. The Balaban J connectivity index is 1.09. The molecule has 0 spiro atoms. The summed E-state index contributed by atoms with van der Waals surface area (Å²) in [5.74, 6) is 0. The number of benzene rings is 9. The first-order valence-corrected chi connectivity index (χ1v) is 21.4. The average molecular weight is 807 g/mol. The van der Waals surface area contributed by atoms with Gasteiger partial charge in [0.25, 0.3) is 0 Å². The Labute approximate surface area is 367 Å². The minimum absolute atomic E-state index is 0.949. The van der Waals surface area contributed by atoms with Crippen LogP contribution in [0.15, 0.2) is 255 Å². The maximum Gasteiger partial charge on any atom is 0.0709 e. The summed E-state index contributed by atoms with van der Waals surface area (Å²) in [6.07, 6.45) is 0. The van der Waals surface area contributed by atoms with Gasteiger partial charge < -0.3 is 14.4 Å². The van der Waals surface area contributed by atoms with Crippen molar-refractivity contribution < 1.29 is 0 Å². The molecule has 0 aliphatic rings. The maximum atomic E-state index is 5.05. The molecule has 0 aliphatic carbocycles. The summed E-state index contributed by atoms with van der Waals surface area (Å²) in [4.78, 5) is 9.73. The highest BCUT2D eigenvalue weighted by Crippen LogP contribution is 2.44. The van der Waals surface area contributed by atoms with Crippen molar-refractivity contribution >= 4 is 55.9 Å². The molecule has 4 nitrogen and oxygen atoms in total. The van der Waals surface area contributed by atoms with Gasteiger partial charge in [-0.3, -0.25) is 0 Å². The van der Waals surface area contributed by atoms with Gasteiger partial charge in [0.2, 0.25) is 0 Å². The molecule has 2 aromatic heterocycles. The van der Waals surface area contributed by atoms with E-state index in [2.05, 4.69) is 263 Å². The third kappa shape index (κ3) is 7.20. The molecule has 0 saturated carbocycles. The SMILES string of the molecule is c1ccc(-c2cccc(-c3ccc(-c4ccccc4-n4c5ccc(N(c6ccccc6)c6ccccc6)cc5c5cc(N(c6ccccc6)c6ccccc6)ccc54)cc3)n2)cc1. The zero-order valence-electron chi connectivity index (χ0n) is 34.5. The van der Waals surface area contributed by atoms with Gasteiger partial charge in [-0.2, -0.15) is 0 Å². The Morgan fingerprint density at radius 1 is 0.286 bits per heavy atom. The zero-order chi connectivity index (χ0) is 42.0. The summed E-state index contributed by atoms with van der Waals surface area (Å²) in [6, 6.07) is 90.5. The molecule has 9 aromatic carbocycles. The number of para-hydroxylation sites is 5. The molecule has 0 fully saturated rings. The van der Waals surface area contributed by atoms with E-state index in [-0.39, 0.29) is 0 Å². The van der Waals surface area contributed by atoms with Crippen LogP contribution in [0, 0.1) is 0 Å². The van der Waals surface area contributed by atoms with E-state index in [1.165, 1.54) is 0 Å². The van der Waals surface area contributed by atoms with Crippen LogP contribution in [0.2, 0.25) is 0 Å². The van der Waals surface area contributed by atoms with Crippen LogP contribution in [0.3, 0.4) is 0 Å². The van der Waals surface area contributed by atoms with E-state index < -0.39 is 0 Å². The van der Waals surface area contributed by atoms with E-state index in [0.717, 1.165) is 95.3 Å². The molecule has 0 N–H and O–H groups in total. The lowest BCUT2D eigenvalue weighted by molar-refractivity contribution is 1.18. The number of hydrogen-bond acceptors (Lipinski definition) is 3. The summed E-state index contributed by atoms with van der Waals surface area (Å²) in [5.41, 5.74) is 16.3. The van der Waals surface area contributed by atoms with Crippen molar-refractivity contribution in [3.05, 3.63) is 255 Å². The maximum absolute atomic E-state index is 5.05. The molecule has 0 saturated heterocycles. The predicted octanol–water partition coefficient (Wildman–Crippen LogP) is 16.1. The summed E-state index contributed by atoms with van der Waals surface area (Å²) < 4.78 is 2.44. The number of rotatable bonds is 10. The summed E-state index contributed by atoms with van der Waals surface area (Å²) >= 11 is 0. The molecule has 63 heavy (non-hydrogen) atoms. The molecule has 0 amide bonds. The first-order chi connectivity index (χ1) is 31.3. The smallest absolute Gasteiger partial charge is 0.0709 e. The number of aromatic nitrogens is 2. The molecular weight excluding hydrogens is 765 g/mol. The lowest BCUT2D eigenvalue weighted by Crippen LogP contribution is -2.09. The van der Waals surface area contributed by atoms with Crippen molar-refractivity contribution in [2.45, 2.75) is 0 Å². The molecule has 0 atom stereocenters. The number of anilines is 6. The van der Waals surface area contributed by atoms with Crippen molar-refractivity contribution in [3.8, 4) is 39.3 Å². The lowest BCUT2D eigenvalue weighted by Gasteiger charge is -2.26. The topological polar surface area (TPSA) is 24.3 Å². The van der Waals surface area contributed by atoms with Crippen LogP contribution in [0.4, 0.5) is 34.1 Å². The number of hydrogen-bond donors (Lipinski definition) is 0. The Kier molecular flexibility index (Phi) is 9.85. The Hall–Kier alpha value is -8.47. The minimum atomic E-state index is 0.949. The van der Waals surface area contributed by atoms with E-state index in [0.29, 0.717) is 0 Å². The van der Waals surface area contributed by atoms with E-state index >= 15 is 0 Å². The summed E-state index contributed by atoms with van der Waals surface area (Å²) in [7, 11) is 0. The van der Waals surface area contributed by atoms with Crippen LogP contribution in [-0.2, 0) is 0 Å². The molecule has 4 heteroatoms. The number of nitrogens with zero attached hydrogens (tertiary/aromatic N) is 4. The summed E-state index contributed by atoms with van der Waals surface area (Å²) in [5, 5.41) is 2.33. The normalized spacial score (nSPS) is 11.2. The standard InChI is InChI=1S/C59H42N4/c1-6-19-44(20-7-1)55-30-18-31-56(60-55)45-35-33-43(34-36-45)52-29-16-17-32-57(52)63-58-39-37-50(61(46-21-8-2-9-22-46)47-23-10-3-11-24-47)41-53(58)54-42-51(38-40-59(54)63)62(48-25-12-4-13-26-48)49-27-14-5-15-28-49/h1-42H. The van der Waals surface area contributed by atoms with Crippen molar-refractivity contribution in [2.24, 2.45) is 0 Å². The number of pyridine rings is 1. The van der Waals surface area contributed by atoms with E-state index in [4.69, 9.17) is 4.98 Å².